The quantitative estimate of drug-likeness (QED) is 0.467. The van der Waals surface area contributed by atoms with Crippen LogP contribution in [0.15, 0.2) is 30.5 Å². The second-order valence-electron chi connectivity index (χ2n) is 3.97. The molecule has 1 heterocycles. The molecule has 0 aliphatic heterocycles. The number of nitrogens with zero attached hydrogens (tertiary/aromatic N) is 3. The summed E-state index contributed by atoms with van der Waals surface area (Å²) in [5, 5.41) is 11.0. The molecule has 1 aromatic heterocycles. The second kappa shape index (κ2) is 6.59. The van der Waals surface area contributed by atoms with Crippen molar-refractivity contribution in [1.29, 1.82) is 0 Å². The van der Waals surface area contributed by atoms with Gasteiger partial charge in [-0.15, -0.1) is 0 Å². The number of methoxy groups -OCH3 is 1. The molecule has 2 aromatic rings. The topological polar surface area (TPSA) is 125 Å². The molecule has 9 heteroatoms. The lowest BCUT2D eigenvalue weighted by Crippen LogP contribution is -2.11. The number of anilines is 1. The molecular formula is C12H13N5O4. The van der Waals surface area contributed by atoms with Gasteiger partial charge in [0, 0.05) is 7.11 Å². The summed E-state index contributed by atoms with van der Waals surface area (Å²) in [5.41, 5.74) is 2.72. The van der Waals surface area contributed by atoms with E-state index in [0.717, 1.165) is 11.8 Å². The van der Waals surface area contributed by atoms with Crippen molar-refractivity contribution in [2.24, 2.45) is 5.84 Å². The van der Waals surface area contributed by atoms with Gasteiger partial charge in [-0.05, 0) is 17.7 Å². The van der Waals surface area contributed by atoms with Crippen LogP contribution in [-0.2, 0) is 11.3 Å². The van der Waals surface area contributed by atoms with Crippen molar-refractivity contribution in [1.82, 2.24) is 9.97 Å². The molecule has 9 nitrogen and oxygen atoms in total. The van der Waals surface area contributed by atoms with Crippen LogP contribution in [-0.4, -0.2) is 22.0 Å². The van der Waals surface area contributed by atoms with E-state index in [9.17, 15) is 10.1 Å². The molecule has 0 radical (unpaired) electrons. The minimum atomic E-state index is -0.630. The Kier molecular flexibility index (Phi) is 4.59. The van der Waals surface area contributed by atoms with Gasteiger partial charge in [0.1, 0.15) is 11.9 Å². The maximum Gasteiger partial charge on any atom is 0.349 e. The number of nitro groups is 1. The van der Waals surface area contributed by atoms with E-state index in [4.69, 9.17) is 15.3 Å². The Morgan fingerprint density at radius 3 is 2.95 bits per heavy atom. The molecule has 110 valence electrons. The lowest BCUT2D eigenvalue weighted by atomic mass is 10.2. The van der Waals surface area contributed by atoms with Crippen LogP contribution in [0.5, 0.6) is 11.6 Å². The first kappa shape index (κ1) is 14.6. The number of rotatable bonds is 6. The number of nitrogens with two attached hydrogens (primary N) is 1. The summed E-state index contributed by atoms with van der Waals surface area (Å²) < 4.78 is 10.5. The largest absolute Gasteiger partial charge is 0.434 e. The maximum absolute atomic E-state index is 11.0. The fourth-order valence-corrected chi connectivity index (χ4v) is 1.61. The summed E-state index contributed by atoms with van der Waals surface area (Å²) in [6.45, 7) is 0.401. The highest BCUT2D eigenvalue weighted by Gasteiger charge is 2.19. The highest BCUT2D eigenvalue weighted by atomic mass is 16.6. The number of hydrogen-bond acceptors (Lipinski definition) is 8. The third-order valence-corrected chi connectivity index (χ3v) is 2.49. The van der Waals surface area contributed by atoms with E-state index >= 15 is 0 Å². The summed E-state index contributed by atoms with van der Waals surface area (Å²) >= 11 is 0. The van der Waals surface area contributed by atoms with E-state index in [1.807, 2.05) is 6.07 Å². The number of aromatic nitrogens is 2. The summed E-state index contributed by atoms with van der Waals surface area (Å²) in [6.07, 6.45) is 1.02. The van der Waals surface area contributed by atoms with Crippen molar-refractivity contribution in [3.05, 3.63) is 46.1 Å². The molecule has 21 heavy (non-hydrogen) atoms. The average molecular weight is 291 g/mol. The Bertz CT molecular complexity index is 649. The maximum atomic E-state index is 11.0. The lowest BCUT2D eigenvalue weighted by molar-refractivity contribution is -0.386. The normalized spacial score (nSPS) is 10.2. The van der Waals surface area contributed by atoms with E-state index < -0.39 is 4.92 Å². The highest BCUT2D eigenvalue weighted by Crippen LogP contribution is 2.29. The highest BCUT2D eigenvalue weighted by molar-refractivity contribution is 5.45. The van der Waals surface area contributed by atoms with E-state index in [0.29, 0.717) is 12.4 Å². The number of ether oxygens (including phenoxy) is 2. The van der Waals surface area contributed by atoms with Gasteiger partial charge in [0.05, 0.1) is 11.5 Å². The number of benzene rings is 1. The van der Waals surface area contributed by atoms with Gasteiger partial charge in [-0.3, -0.25) is 15.5 Å². The van der Waals surface area contributed by atoms with Crippen molar-refractivity contribution in [3.8, 4) is 11.6 Å². The summed E-state index contributed by atoms with van der Waals surface area (Å²) in [4.78, 5) is 17.8. The molecule has 0 aliphatic rings. The van der Waals surface area contributed by atoms with Crippen LogP contribution in [0, 0.1) is 10.1 Å². The first-order valence-electron chi connectivity index (χ1n) is 5.88. The Balaban J connectivity index is 2.33. The lowest BCUT2D eigenvalue weighted by Gasteiger charge is -2.07. The molecule has 0 atom stereocenters. The number of nitrogens with one attached hydrogen (secondary N) is 1. The van der Waals surface area contributed by atoms with E-state index in [-0.39, 0.29) is 17.5 Å². The number of hydrazine groups is 1. The Labute approximate surface area is 119 Å². The third kappa shape index (κ3) is 3.61. The standard InChI is InChI=1S/C12H13N5O4/c1-20-7-8-3-2-4-9(5-8)21-11-10(17(18)19)6-14-12(15-11)16-13/h2-6H,7,13H2,1H3,(H,14,15,16). The molecule has 0 unspecified atom stereocenters. The molecule has 0 bridgehead atoms. The van der Waals surface area contributed by atoms with Crippen LogP contribution in [0.4, 0.5) is 11.6 Å². The molecule has 0 amide bonds. The van der Waals surface area contributed by atoms with E-state index in [1.165, 1.54) is 0 Å². The first-order chi connectivity index (χ1) is 10.1. The summed E-state index contributed by atoms with van der Waals surface area (Å²) in [5.74, 6) is 5.40. The fraction of sp³-hybridized carbons (Fsp3) is 0.167. The number of nitrogen functional groups attached to an aromatic ring is 1. The summed E-state index contributed by atoms with van der Waals surface area (Å²) in [6, 6.07) is 6.95. The molecule has 0 saturated heterocycles. The van der Waals surface area contributed by atoms with Gasteiger partial charge in [0.15, 0.2) is 0 Å². The van der Waals surface area contributed by atoms with Crippen LogP contribution in [0.1, 0.15) is 5.56 Å². The zero-order valence-corrected chi connectivity index (χ0v) is 11.1. The molecule has 2 rings (SSSR count). The fourth-order valence-electron chi connectivity index (χ4n) is 1.61. The molecule has 1 aromatic carbocycles. The van der Waals surface area contributed by atoms with Crippen molar-refractivity contribution >= 4 is 11.6 Å². The Morgan fingerprint density at radius 1 is 1.48 bits per heavy atom. The predicted molar refractivity (Wildman–Crippen MR) is 73.7 cm³/mol. The van der Waals surface area contributed by atoms with Crippen LogP contribution in [0.3, 0.4) is 0 Å². The van der Waals surface area contributed by atoms with Crippen LogP contribution in [0.2, 0.25) is 0 Å². The van der Waals surface area contributed by atoms with Crippen molar-refractivity contribution in [2.45, 2.75) is 6.61 Å². The van der Waals surface area contributed by atoms with E-state index in [2.05, 4.69) is 15.4 Å². The first-order valence-corrected chi connectivity index (χ1v) is 5.88. The monoisotopic (exact) mass is 291 g/mol. The molecule has 0 spiro atoms. The van der Waals surface area contributed by atoms with Crippen molar-refractivity contribution in [3.63, 3.8) is 0 Å². The zero-order chi connectivity index (χ0) is 15.2. The Hall–Kier alpha value is -2.78. The average Bonchev–Trinajstić information content (AvgIpc) is 2.47. The van der Waals surface area contributed by atoms with Gasteiger partial charge in [0.2, 0.25) is 5.95 Å². The van der Waals surface area contributed by atoms with Gasteiger partial charge in [-0.2, -0.15) is 4.98 Å². The van der Waals surface area contributed by atoms with E-state index in [1.54, 1.807) is 25.3 Å². The van der Waals surface area contributed by atoms with Gasteiger partial charge in [-0.25, -0.2) is 10.8 Å². The van der Waals surface area contributed by atoms with Gasteiger partial charge in [-0.1, -0.05) is 12.1 Å². The molecule has 0 saturated carbocycles. The van der Waals surface area contributed by atoms with Crippen molar-refractivity contribution < 1.29 is 14.4 Å². The molecule has 3 N–H and O–H groups in total. The Morgan fingerprint density at radius 2 is 2.29 bits per heavy atom. The van der Waals surface area contributed by atoms with Gasteiger partial charge < -0.3 is 9.47 Å². The second-order valence-corrected chi connectivity index (χ2v) is 3.97. The van der Waals surface area contributed by atoms with Crippen molar-refractivity contribution in [2.75, 3.05) is 12.5 Å². The third-order valence-electron chi connectivity index (χ3n) is 2.49. The summed E-state index contributed by atoms with van der Waals surface area (Å²) in [7, 11) is 1.57. The zero-order valence-electron chi connectivity index (χ0n) is 11.1. The molecule has 0 aliphatic carbocycles. The van der Waals surface area contributed by atoms with Crippen LogP contribution >= 0.6 is 0 Å². The smallest absolute Gasteiger partial charge is 0.349 e. The minimum absolute atomic E-state index is 0.0173. The van der Waals surface area contributed by atoms with Crippen LogP contribution in [0.25, 0.3) is 0 Å². The molecular weight excluding hydrogens is 278 g/mol. The number of hydrogen-bond donors (Lipinski definition) is 2. The van der Waals surface area contributed by atoms with Crippen LogP contribution < -0.4 is 16.0 Å². The molecule has 0 fully saturated rings. The SMILES string of the molecule is COCc1cccc(Oc2nc(NN)ncc2[N+](=O)[O-])c1. The van der Waals surface area contributed by atoms with Gasteiger partial charge in [0.25, 0.3) is 0 Å². The minimum Gasteiger partial charge on any atom is -0.434 e. The van der Waals surface area contributed by atoms with Gasteiger partial charge >= 0.3 is 11.6 Å². The predicted octanol–water partition coefficient (Wildman–Crippen LogP) is 1.61.